The number of cyclic esters (lactones) is 1. The number of carbonyl (C=O) groups excluding carboxylic acids is 2. The van der Waals surface area contributed by atoms with E-state index in [-0.39, 0.29) is 24.7 Å². The van der Waals surface area contributed by atoms with Crippen LogP contribution in [0.5, 0.6) is 0 Å². The molecule has 0 spiro atoms. The summed E-state index contributed by atoms with van der Waals surface area (Å²) >= 11 is 3.48. The summed E-state index contributed by atoms with van der Waals surface area (Å²) in [4.78, 5) is 26.4. The summed E-state index contributed by atoms with van der Waals surface area (Å²) in [6, 6.07) is 8.18. The second-order valence-corrected chi connectivity index (χ2v) is 8.12. The third kappa shape index (κ3) is 4.01. The van der Waals surface area contributed by atoms with Gasteiger partial charge in [-0.3, -0.25) is 9.69 Å². The zero-order valence-corrected chi connectivity index (χ0v) is 16.7. The fourth-order valence-corrected chi connectivity index (χ4v) is 4.10. The molecule has 0 saturated carbocycles. The van der Waals surface area contributed by atoms with Crippen LogP contribution in [-0.2, 0) is 19.1 Å². The van der Waals surface area contributed by atoms with Gasteiger partial charge in [-0.1, -0.05) is 41.6 Å². The van der Waals surface area contributed by atoms with Crippen LogP contribution in [0.3, 0.4) is 0 Å². The highest BCUT2D eigenvalue weighted by Crippen LogP contribution is 2.41. The Morgan fingerprint density at radius 3 is 2.69 bits per heavy atom. The number of fused-ring (bicyclic) bond motifs is 1. The molecule has 2 aliphatic rings. The van der Waals surface area contributed by atoms with E-state index in [0.717, 1.165) is 17.3 Å². The Bertz CT molecular complexity index is 702. The molecule has 0 N–H and O–H groups in total. The van der Waals surface area contributed by atoms with Crippen molar-refractivity contribution < 1.29 is 19.1 Å². The van der Waals surface area contributed by atoms with Gasteiger partial charge in [-0.05, 0) is 43.4 Å². The Morgan fingerprint density at radius 1 is 1.35 bits per heavy atom. The van der Waals surface area contributed by atoms with Gasteiger partial charge in [0.1, 0.15) is 18.8 Å². The van der Waals surface area contributed by atoms with E-state index in [9.17, 15) is 9.59 Å². The summed E-state index contributed by atoms with van der Waals surface area (Å²) < 4.78 is 11.8. The van der Waals surface area contributed by atoms with E-state index in [1.807, 2.05) is 12.1 Å². The molecule has 0 aliphatic carbocycles. The molecule has 0 radical (unpaired) electrons. The van der Waals surface area contributed by atoms with E-state index in [0.29, 0.717) is 18.0 Å². The molecule has 1 aromatic rings. The van der Waals surface area contributed by atoms with Crippen LogP contribution in [0.4, 0.5) is 0 Å². The van der Waals surface area contributed by atoms with Crippen molar-refractivity contribution in [2.75, 3.05) is 13.2 Å². The first-order valence-electron chi connectivity index (χ1n) is 8.91. The molecular weight excluding hydrogens is 398 g/mol. The summed E-state index contributed by atoms with van der Waals surface area (Å²) in [6.45, 7) is 8.01. The number of nitrogens with zero attached hydrogens (tertiary/aromatic N) is 1. The van der Waals surface area contributed by atoms with Crippen molar-refractivity contribution in [1.29, 1.82) is 0 Å². The second kappa shape index (κ2) is 7.92. The van der Waals surface area contributed by atoms with Gasteiger partial charge in [-0.2, -0.15) is 0 Å². The Kier molecular flexibility index (Phi) is 5.82. The fraction of sp³-hybridized carbons (Fsp3) is 0.500. The molecule has 2 heterocycles. The van der Waals surface area contributed by atoms with Crippen LogP contribution >= 0.6 is 15.9 Å². The first kappa shape index (κ1) is 19.1. The lowest BCUT2D eigenvalue weighted by Crippen LogP contribution is -2.58. The Hall–Kier alpha value is -1.66. The van der Waals surface area contributed by atoms with Gasteiger partial charge in [0.05, 0.1) is 0 Å². The molecule has 140 valence electrons. The third-order valence-electron chi connectivity index (χ3n) is 5.12. The van der Waals surface area contributed by atoms with Crippen molar-refractivity contribution >= 4 is 27.9 Å². The van der Waals surface area contributed by atoms with E-state index in [1.165, 1.54) is 5.56 Å². The average Bonchev–Trinajstić information content (AvgIpc) is 2.60. The smallest absolute Gasteiger partial charge is 0.333 e. The van der Waals surface area contributed by atoms with Crippen LogP contribution < -0.4 is 0 Å². The van der Waals surface area contributed by atoms with Crippen LogP contribution in [-0.4, -0.2) is 42.1 Å². The van der Waals surface area contributed by atoms with Gasteiger partial charge in [0.25, 0.3) is 0 Å². The molecule has 0 amide bonds. The molecule has 0 bridgehead atoms. The molecule has 0 aromatic heterocycles. The van der Waals surface area contributed by atoms with Gasteiger partial charge in [0.2, 0.25) is 0 Å². The average molecular weight is 422 g/mol. The van der Waals surface area contributed by atoms with Gasteiger partial charge < -0.3 is 9.47 Å². The second-order valence-electron chi connectivity index (χ2n) is 7.20. The highest BCUT2D eigenvalue weighted by molar-refractivity contribution is 9.10. The number of hydrogen-bond donors (Lipinski definition) is 0. The molecule has 4 atom stereocenters. The molecule has 2 saturated heterocycles. The number of rotatable bonds is 4. The van der Waals surface area contributed by atoms with Crippen molar-refractivity contribution in [2.45, 2.75) is 44.9 Å². The zero-order chi connectivity index (χ0) is 18.8. The standard InChI is InChI=1S/C20H24BrNO4/c1-12(2)19(23)25-11-16-10-22-17(20(24)26-16)9-4-13(3)18(22)14-5-7-15(21)8-6-14/h5-8,13,16-18H,1,4,9-11H2,2-3H3/t13-,16+,17+,18-/m1/s1. The molecule has 3 rings (SSSR count). The lowest BCUT2D eigenvalue weighted by atomic mass is 9.82. The van der Waals surface area contributed by atoms with Crippen molar-refractivity contribution in [3.8, 4) is 0 Å². The van der Waals surface area contributed by atoms with Crippen molar-refractivity contribution in [1.82, 2.24) is 4.90 Å². The highest BCUT2D eigenvalue weighted by Gasteiger charge is 2.45. The van der Waals surface area contributed by atoms with E-state index < -0.39 is 12.1 Å². The van der Waals surface area contributed by atoms with Gasteiger partial charge in [0, 0.05) is 22.6 Å². The molecule has 2 fully saturated rings. The van der Waals surface area contributed by atoms with E-state index in [1.54, 1.807) is 6.92 Å². The number of hydrogen-bond acceptors (Lipinski definition) is 5. The van der Waals surface area contributed by atoms with Crippen LogP contribution in [0.2, 0.25) is 0 Å². The molecule has 6 heteroatoms. The first-order chi connectivity index (χ1) is 12.4. The number of esters is 2. The lowest BCUT2D eigenvalue weighted by molar-refractivity contribution is -0.180. The predicted octanol–water partition coefficient (Wildman–Crippen LogP) is 3.64. The van der Waals surface area contributed by atoms with Crippen molar-refractivity contribution in [2.24, 2.45) is 5.92 Å². The van der Waals surface area contributed by atoms with Crippen LogP contribution in [0.1, 0.15) is 38.3 Å². The summed E-state index contributed by atoms with van der Waals surface area (Å²) in [5.41, 5.74) is 1.53. The van der Waals surface area contributed by atoms with Crippen LogP contribution in [0.15, 0.2) is 40.9 Å². The number of halogens is 1. The minimum atomic E-state index is -0.459. The Morgan fingerprint density at radius 2 is 2.04 bits per heavy atom. The predicted molar refractivity (Wildman–Crippen MR) is 101 cm³/mol. The summed E-state index contributed by atoms with van der Waals surface area (Å²) in [5.74, 6) is -0.252. The molecule has 0 unspecified atom stereocenters. The van der Waals surface area contributed by atoms with Gasteiger partial charge in [-0.15, -0.1) is 0 Å². The third-order valence-corrected chi connectivity index (χ3v) is 5.65. The number of morpholine rings is 1. The SMILES string of the molecule is C=C(C)C(=O)OC[C@@H]1CN2[C@@H](CC[C@@H](C)[C@@H]2c2ccc(Br)cc2)C(=O)O1. The zero-order valence-electron chi connectivity index (χ0n) is 15.1. The van der Waals surface area contributed by atoms with E-state index >= 15 is 0 Å². The Labute approximate surface area is 162 Å². The number of carbonyl (C=O) groups is 2. The number of benzene rings is 1. The number of piperidine rings is 1. The molecule has 2 aliphatic heterocycles. The van der Waals surface area contributed by atoms with Crippen molar-refractivity contribution in [3.05, 3.63) is 46.5 Å². The minimum Gasteiger partial charge on any atom is -0.458 e. The lowest BCUT2D eigenvalue weighted by Gasteiger charge is -2.48. The summed E-state index contributed by atoms with van der Waals surface area (Å²) in [5, 5.41) is 0. The normalized spacial score (nSPS) is 28.8. The van der Waals surface area contributed by atoms with Crippen molar-refractivity contribution in [3.63, 3.8) is 0 Å². The summed E-state index contributed by atoms with van der Waals surface area (Å²) in [7, 11) is 0. The van der Waals surface area contributed by atoms with Gasteiger partial charge >= 0.3 is 11.9 Å². The molecular formula is C20H24BrNO4. The van der Waals surface area contributed by atoms with Crippen LogP contribution in [0, 0.1) is 5.92 Å². The van der Waals surface area contributed by atoms with E-state index in [2.05, 4.69) is 46.5 Å². The molecule has 5 nitrogen and oxygen atoms in total. The first-order valence-corrected chi connectivity index (χ1v) is 9.70. The van der Waals surface area contributed by atoms with Gasteiger partial charge in [-0.25, -0.2) is 4.79 Å². The van der Waals surface area contributed by atoms with E-state index in [4.69, 9.17) is 9.47 Å². The van der Waals surface area contributed by atoms with Crippen LogP contribution in [0.25, 0.3) is 0 Å². The minimum absolute atomic E-state index is 0.0576. The summed E-state index contributed by atoms with van der Waals surface area (Å²) in [6.07, 6.45) is 1.32. The van der Waals surface area contributed by atoms with Gasteiger partial charge in [0.15, 0.2) is 0 Å². The maximum atomic E-state index is 12.5. The maximum Gasteiger partial charge on any atom is 0.333 e. The quantitative estimate of drug-likeness (QED) is 0.548. The monoisotopic (exact) mass is 421 g/mol. The largest absolute Gasteiger partial charge is 0.458 e. The molecule has 26 heavy (non-hydrogen) atoms. The fourth-order valence-electron chi connectivity index (χ4n) is 3.83. The highest BCUT2D eigenvalue weighted by atomic mass is 79.9. The Balaban J connectivity index is 1.78. The maximum absolute atomic E-state index is 12.5. The number of ether oxygens (including phenoxy) is 2. The topological polar surface area (TPSA) is 55.8 Å². The molecule has 1 aromatic carbocycles.